The normalized spacial score (nSPS) is 35.7. The third-order valence-electron chi connectivity index (χ3n) is 3.33. The highest BCUT2D eigenvalue weighted by molar-refractivity contribution is 5.29. The second kappa shape index (κ2) is 2.76. The van der Waals surface area contributed by atoms with Crippen molar-refractivity contribution in [2.75, 3.05) is 0 Å². The predicted molar refractivity (Wildman–Crippen MR) is 54.2 cm³/mol. The molecule has 2 atom stereocenters. The monoisotopic (exact) mass is 173 g/mol. The van der Waals surface area contributed by atoms with Crippen LogP contribution in [-0.2, 0) is 0 Å². The quantitative estimate of drug-likeness (QED) is 0.509. The van der Waals surface area contributed by atoms with Crippen molar-refractivity contribution >= 4 is 0 Å². The van der Waals surface area contributed by atoms with Gasteiger partial charge in [-0.05, 0) is 31.8 Å². The Bertz CT molecular complexity index is 298. The number of allylic oxidation sites excluding steroid dienone is 2. The summed E-state index contributed by atoms with van der Waals surface area (Å²) >= 11 is 0. The van der Waals surface area contributed by atoms with Gasteiger partial charge < -0.3 is 4.90 Å². The molecule has 0 amide bonds. The van der Waals surface area contributed by atoms with Crippen molar-refractivity contribution in [3.63, 3.8) is 0 Å². The molecule has 0 N–H and O–H groups in total. The summed E-state index contributed by atoms with van der Waals surface area (Å²) < 4.78 is 0. The number of rotatable bonds is 0. The largest absolute Gasteiger partial charge is 0.362 e. The Balaban J connectivity index is 2.03. The zero-order valence-electron chi connectivity index (χ0n) is 7.82. The molecule has 3 aliphatic rings. The van der Waals surface area contributed by atoms with Crippen LogP contribution in [0.3, 0.4) is 0 Å². The molecule has 0 spiro atoms. The highest BCUT2D eigenvalue weighted by Crippen LogP contribution is 2.34. The summed E-state index contributed by atoms with van der Waals surface area (Å²) in [4.78, 5) is 2.61. The minimum atomic E-state index is 0.698. The van der Waals surface area contributed by atoms with Gasteiger partial charge in [0.15, 0.2) is 0 Å². The highest BCUT2D eigenvalue weighted by atomic mass is 15.2. The molecular weight excluding hydrogens is 158 g/mol. The van der Waals surface area contributed by atoms with E-state index in [0.29, 0.717) is 6.04 Å². The van der Waals surface area contributed by atoms with Gasteiger partial charge in [0, 0.05) is 17.8 Å². The molecule has 3 aliphatic heterocycles. The highest BCUT2D eigenvalue weighted by Gasteiger charge is 2.30. The van der Waals surface area contributed by atoms with Crippen molar-refractivity contribution < 1.29 is 0 Å². The van der Waals surface area contributed by atoms with Crippen LogP contribution in [-0.4, -0.2) is 17.0 Å². The first-order valence-electron chi connectivity index (χ1n) is 5.27. The minimum absolute atomic E-state index is 0.698. The van der Waals surface area contributed by atoms with Gasteiger partial charge in [0.05, 0.1) is 0 Å². The number of hydrogen-bond acceptors (Lipinski definition) is 1. The Morgan fingerprint density at radius 3 is 3.15 bits per heavy atom. The molecule has 3 heterocycles. The van der Waals surface area contributed by atoms with Crippen molar-refractivity contribution in [3.05, 3.63) is 36.1 Å². The predicted octanol–water partition coefficient (Wildman–Crippen LogP) is 2.62. The zero-order chi connectivity index (χ0) is 8.67. The van der Waals surface area contributed by atoms with Crippen LogP contribution in [0, 0.1) is 0 Å². The first-order chi connectivity index (χ1) is 6.45. The molecule has 0 aromatic rings. The average Bonchev–Trinajstić information content (AvgIpc) is 2.19. The van der Waals surface area contributed by atoms with Gasteiger partial charge >= 0.3 is 0 Å². The topological polar surface area (TPSA) is 3.24 Å². The first-order valence-corrected chi connectivity index (χ1v) is 5.27. The minimum Gasteiger partial charge on any atom is -0.362 e. The van der Waals surface area contributed by atoms with Gasteiger partial charge in [-0.25, -0.2) is 0 Å². The fraction of sp³-hybridized carbons (Fsp3) is 0.500. The molecule has 13 heavy (non-hydrogen) atoms. The first kappa shape index (κ1) is 7.43. The Labute approximate surface area is 79.4 Å². The fourth-order valence-corrected chi connectivity index (χ4v) is 2.72. The van der Waals surface area contributed by atoms with E-state index in [1.165, 1.54) is 31.4 Å². The molecule has 0 radical (unpaired) electrons. The summed E-state index contributed by atoms with van der Waals surface area (Å²) in [6.45, 7) is 0. The van der Waals surface area contributed by atoms with Crippen LogP contribution in [0.5, 0.6) is 0 Å². The fourth-order valence-electron chi connectivity index (χ4n) is 2.72. The van der Waals surface area contributed by atoms with Crippen molar-refractivity contribution in [1.29, 1.82) is 0 Å². The maximum atomic E-state index is 2.61. The van der Waals surface area contributed by atoms with Crippen molar-refractivity contribution in [1.82, 2.24) is 4.90 Å². The molecule has 0 aromatic carbocycles. The van der Waals surface area contributed by atoms with E-state index in [-0.39, 0.29) is 0 Å². The Hall–Kier alpha value is -0.980. The molecular formula is C12H15N. The lowest BCUT2D eigenvalue weighted by atomic mass is 9.90. The third-order valence-corrected chi connectivity index (χ3v) is 3.33. The van der Waals surface area contributed by atoms with Gasteiger partial charge in [-0.2, -0.15) is 0 Å². The standard InChI is InChI=1S/C12H15N/c1-4-10-6-2-8-12-9-3-7-11(5-1)13(10)12/h1-2,5,7-8,10,12H,3-4,6,9H2. The lowest BCUT2D eigenvalue weighted by Gasteiger charge is -2.45. The molecule has 0 saturated heterocycles. The van der Waals surface area contributed by atoms with E-state index in [0.717, 1.165) is 6.04 Å². The molecule has 0 fully saturated rings. The second-order valence-corrected chi connectivity index (χ2v) is 4.14. The summed E-state index contributed by atoms with van der Waals surface area (Å²) in [5, 5.41) is 0. The lowest BCUT2D eigenvalue weighted by molar-refractivity contribution is 0.183. The van der Waals surface area contributed by atoms with E-state index in [1.54, 1.807) is 0 Å². The number of hydrogen-bond donors (Lipinski definition) is 0. The third kappa shape index (κ3) is 1.06. The SMILES string of the molecule is C1=CC2=CCCC3C=CCC(C1)N23. The Morgan fingerprint density at radius 2 is 2.15 bits per heavy atom. The van der Waals surface area contributed by atoms with E-state index in [4.69, 9.17) is 0 Å². The molecule has 68 valence electrons. The maximum Gasteiger partial charge on any atom is 0.0479 e. The Morgan fingerprint density at radius 1 is 1.23 bits per heavy atom. The molecule has 2 unspecified atom stereocenters. The lowest BCUT2D eigenvalue weighted by Crippen LogP contribution is -2.45. The van der Waals surface area contributed by atoms with Gasteiger partial charge in [-0.3, -0.25) is 0 Å². The van der Waals surface area contributed by atoms with Crippen LogP contribution in [0.25, 0.3) is 0 Å². The summed E-state index contributed by atoms with van der Waals surface area (Å²) in [5.41, 5.74) is 1.47. The van der Waals surface area contributed by atoms with Crippen LogP contribution < -0.4 is 0 Å². The summed E-state index contributed by atoms with van der Waals surface area (Å²) in [5.74, 6) is 0. The van der Waals surface area contributed by atoms with E-state index in [1.807, 2.05) is 0 Å². The van der Waals surface area contributed by atoms with Gasteiger partial charge in [-0.15, -0.1) is 0 Å². The second-order valence-electron chi connectivity index (χ2n) is 4.14. The molecule has 0 aliphatic carbocycles. The molecule has 0 aromatic heterocycles. The molecule has 3 rings (SSSR count). The molecule has 1 nitrogen and oxygen atoms in total. The Kier molecular flexibility index (Phi) is 1.58. The van der Waals surface area contributed by atoms with Crippen molar-refractivity contribution in [2.45, 2.75) is 37.8 Å². The van der Waals surface area contributed by atoms with E-state index in [9.17, 15) is 0 Å². The van der Waals surface area contributed by atoms with Gasteiger partial charge in [0.25, 0.3) is 0 Å². The van der Waals surface area contributed by atoms with Crippen LogP contribution in [0.4, 0.5) is 0 Å². The molecule has 1 heteroatoms. The van der Waals surface area contributed by atoms with Gasteiger partial charge in [0.1, 0.15) is 0 Å². The summed E-state index contributed by atoms with van der Waals surface area (Å²) in [6, 6.07) is 1.45. The van der Waals surface area contributed by atoms with Gasteiger partial charge in [0.2, 0.25) is 0 Å². The van der Waals surface area contributed by atoms with Crippen molar-refractivity contribution in [2.24, 2.45) is 0 Å². The summed E-state index contributed by atoms with van der Waals surface area (Å²) in [6.07, 6.45) is 16.8. The van der Waals surface area contributed by atoms with Crippen LogP contribution in [0.1, 0.15) is 25.7 Å². The van der Waals surface area contributed by atoms with Crippen LogP contribution in [0.2, 0.25) is 0 Å². The van der Waals surface area contributed by atoms with Crippen molar-refractivity contribution in [3.8, 4) is 0 Å². The number of nitrogens with zero attached hydrogens (tertiary/aromatic N) is 1. The van der Waals surface area contributed by atoms with E-state index >= 15 is 0 Å². The smallest absolute Gasteiger partial charge is 0.0479 e. The zero-order valence-corrected chi connectivity index (χ0v) is 7.82. The maximum absolute atomic E-state index is 2.61. The van der Waals surface area contributed by atoms with Gasteiger partial charge in [-0.1, -0.05) is 24.3 Å². The molecule has 0 bridgehead atoms. The average molecular weight is 173 g/mol. The van der Waals surface area contributed by atoms with E-state index < -0.39 is 0 Å². The van der Waals surface area contributed by atoms with E-state index in [2.05, 4.69) is 35.3 Å². The van der Waals surface area contributed by atoms with Crippen LogP contribution >= 0.6 is 0 Å². The van der Waals surface area contributed by atoms with Crippen LogP contribution in [0.15, 0.2) is 36.1 Å². The molecule has 0 saturated carbocycles. The summed E-state index contributed by atoms with van der Waals surface area (Å²) in [7, 11) is 0.